The van der Waals surface area contributed by atoms with Gasteiger partial charge in [0.05, 0.1) is 12.8 Å². The van der Waals surface area contributed by atoms with E-state index in [-0.39, 0.29) is 0 Å². The van der Waals surface area contributed by atoms with Gasteiger partial charge in [0, 0.05) is 31.5 Å². The van der Waals surface area contributed by atoms with Crippen molar-refractivity contribution in [2.24, 2.45) is 0 Å². The minimum Gasteiger partial charge on any atom is -0.495 e. The van der Waals surface area contributed by atoms with E-state index in [1.807, 2.05) is 0 Å². The van der Waals surface area contributed by atoms with Crippen LogP contribution in [-0.2, 0) is 4.74 Å². The molecule has 1 aromatic heterocycles. The van der Waals surface area contributed by atoms with Crippen molar-refractivity contribution in [2.75, 3.05) is 38.0 Å². The van der Waals surface area contributed by atoms with E-state index in [1.165, 1.54) is 0 Å². The highest BCUT2D eigenvalue weighted by Gasteiger charge is 2.06. The first-order valence-electron chi connectivity index (χ1n) is 6.89. The summed E-state index contributed by atoms with van der Waals surface area (Å²) >= 11 is 6.02. The van der Waals surface area contributed by atoms with E-state index in [2.05, 4.69) is 20.6 Å². The molecule has 0 spiro atoms. The molecule has 0 radical (unpaired) electrons. The van der Waals surface area contributed by atoms with E-state index in [4.69, 9.17) is 21.1 Å². The molecule has 0 aliphatic heterocycles. The van der Waals surface area contributed by atoms with Crippen LogP contribution < -0.4 is 15.4 Å². The molecule has 118 valence electrons. The fourth-order valence-electron chi connectivity index (χ4n) is 1.85. The second kappa shape index (κ2) is 8.41. The first kappa shape index (κ1) is 16.3. The van der Waals surface area contributed by atoms with Gasteiger partial charge >= 0.3 is 0 Å². The Labute approximate surface area is 134 Å². The molecule has 1 aromatic carbocycles. The molecule has 0 atom stereocenters. The molecule has 2 N–H and O–H groups in total. The summed E-state index contributed by atoms with van der Waals surface area (Å²) in [6.07, 6.45) is 2.57. The van der Waals surface area contributed by atoms with Crippen LogP contribution in [0.5, 0.6) is 5.75 Å². The Morgan fingerprint density at radius 2 is 2.09 bits per heavy atom. The fourth-order valence-corrected chi connectivity index (χ4v) is 2.02. The molecular weight excluding hydrogens is 304 g/mol. The quantitative estimate of drug-likeness (QED) is 0.727. The summed E-state index contributed by atoms with van der Waals surface area (Å²) in [7, 11) is 3.29. The predicted octanol–water partition coefficient (Wildman–Crippen LogP) is 3.33. The number of ether oxygens (including phenoxy) is 2. The molecule has 0 saturated carbocycles. The lowest BCUT2D eigenvalue weighted by Gasteiger charge is -2.12. The topological polar surface area (TPSA) is 68.3 Å². The van der Waals surface area contributed by atoms with E-state index in [1.54, 1.807) is 44.7 Å². The minimum absolute atomic E-state index is 0.557. The Morgan fingerprint density at radius 1 is 1.23 bits per heavy atom. The standard InChI is InChI=1S/C15H19ClN4O2/c1-21-9-3-7-17-15-18-8-6-14(20-15)19-12-10-11(16)4-5-13(12)22-2/h4-6,8,10H,3,7,9H2,1-2H3,(H2,17,18,19,20). The SMILES string of the molecule is COCCCNc1nccc(Nc2cc(Cl)ccc2OC)n1. The van der Waals surface area contributed by atoms with Gasteiger partial charge in [-0.25, -0.2) is 4.98 Å². The molecule has 6 nitrogen and oxygen atoms in total. The first-order valence-corrected chi connectivity index (χ1v) is 7.27. The number of methoxy groups -OCH3 is 2. The van der Waals surface area contributed by atoms with Crippen molar-refractivity contribution >= 4 is 29.1 Å². The number of aromatic nitrogens is 2. The maximum absolute atomic E-state index is 6.02. The summed E-state index contributed by atoms with van der Waals surface area (Å²) in [6.45, 7) is 1.45. The number of benzene rings is 1. The molecule has 2 aromatic rings. The number of nitrogens with zero attached hydrogens (tertiary/aromatic N) is 2. The molecule has 0 fully saturated rings. The Kier molecular flexibility index (Phi) is 6.24. The average Bonchev–Trinajstić information content (AvgIpc) is 2.52. The molecule has 22 heavy (non-hydrogen) atoms. The molecule has 0 bridgehead atoms. The maximum atomic E-state index is 6.02. The number of hydrogen-bond donors (Lipinski definition) is 2. The third-order valence-corrected chi connectivity index (χ3v) is 3.12. The number of rotatable bonds is 8. The Bertz CT molecular complexity index is 610. The van der Waals surface area contributed by atoms with Crippen LogP contribution in [0.4, 0.5) is 17.5 Å². The van der Waals surface area contributed by atoms with Crippen molar-refractivity contribution in [3.8, 4) is 5.75 Å². The fraction of sp³-hybridized carbons (Fsp3) is 0.333. The van der Waals surface area contributed by atoms with E-state index in [0.29, 0.717) is 29.1 Å². The van der Waals surface area contributed by atoms with E-state index < -0.39 is 0 Å². The number of hydrogen-bond acceptors (Lipinski definition) is 6. The molecule has 7 heteroatoms. The summed E-state index contributed by atoms with van der Waals surface area (Å²) in [4.78, 5) is 8.58. The van der Waals surface area contributed by atoms with E-state index >= 15 is 0 Å². The molecule has 0 aliphatic rings. The number of halogens is 1. The lowest BCUT2D eigenvalue weighted by molar-refractivity contribution is 0.197. The minimum atomic E-state index is 0.557. The zero-order valence-corrected chi connectivity index (χ0v) is 13.4. The zero-order chi connectivity index (χ0) is 15.8. The molecule has 1 heterocycles. The van der Waals surface area contributed by atoms with Crippen LogP contribution in [0.25, 0.3) is 0 Å². The maximum Gasteiger partial charge on any atom is 0.224 e. The highest BCUT2D eigenvalue weighted by Crippen LogP contribution is 2.29. The van der Waals surface area contributed by atoms with Gasteiger partial charge in [0.2, 0.25) is 5.95 Å². The molecule has 0 saturated heterocycles. The van der Waals surface area contributed by atoms with E-state index in [9.17, 15) is 0 Å². The highest BCUT2D eigenvalue weighted by atomic mass is 35.5. The van der Waals surface area contributed by atoms with Gasteiger partial charge < -0.3 is 20.1 Å². The van der Waals surface area contributed by atoms with Gasteiger partial charge in [-0.05, 0) is 30.7 Å². The Balaban J connectivity index is 2.05. The van der Waals surface area contributed by atoms with Crippen molar-refractivity contribution < 1.29 is 9.47 Å². The van der Waals surface area contributed by atoms with Gasteiger partial charge in [-0.1, -0.05) is 11.6 Å². The number of nitrogens with one attached hydrogen (secondary N) is 2. The second-order valence-corrected chi connectivity index (χ2v) is 4.94. The smallest absolute Gasteiger partial charge is 0.224 e. The molecule has 0 amide bonds. The van der Waals surface area contributed by atoms with Gasteiger partial charge in [0.15, 0.2) is 0 Å². The second-order valence-electron chi connectivity index (χ2n) is 4.51. The van der Waals surface area contributed by atoms with Crippen molar-refractivity contribution in [3.05, 3.63) is 35.5 Å². The van der Waals surface area contributed by atoms with Crippen LogP contribution in [-0.4, -0.2) is 37.3 Å². The van der Waals surface area contributed by atoms with Crippen molar-refractivity contribution in [1.29, 1.82) is 0 Å². The largest absolute Gasteiger partial charge is 0.495 e. The summed E-state index contributed by atoms with van der Waals surface area (Å²) in [6, 6.07) is 7.14. The summed E-state index contributed by atoms with van der Waals surface area (Å²) in [5.74, 6) is 1.91. The van der Waals surface area contributed by atoms with Gasteiger partial charge in [-0.2, -0.15) is 4.98 Å². The highest BCUT2D eigenvalue weighted by molar-refractivity contribution is 6.31. The van der Waals surface area contributed by atoms with Crippen LogP contribution >= 0.6 is 11.6 Å². The lowest BCUT2D eigenvalue weighted by Crippen LogP contribution is -2.08. The first-order chi connectivity index (χ1) is 10.7. The van der Waals surface area contributed by atoms with Gasteiger partial charge in [0.25, 0.3) is 0 Å². The molecular formula is C15H19ClN4O2. The Morgan fingerprint density at radius 3 is 2.86 bits per heavy atom. The zero-order valence-electron chi connectivity index (χ0n) is 12.6. The van der Waals surface area contributed by atoms with Crippen molar-refractivity contribution in [1.82, 2.24) is 9.97 Å². The Hall–Kier alpha value is -2.05. The summed E-state index contributed by atoms with van der Waals surface area (Å²) < 4.78 is 10.3. The summed E-state index contributed by atoms with van der Waals surface area (Å²) in [5, 5.41) is 6.95. The third-order valence-electron chi connectivity index (χ3n) is 2.89. The summed E-state index contributed by atoms with van der Waals surface area (Å²) in [5.41, 5.74) is 0.749. The van der Waals surface area contributed by atoms with Crippen LogP contribution in [0, 0.1) is 0 Å². The van der Waals surface area contributed by atoms with Crippen LogP contribution in [0.2, 0.25) is 5.02 Å². The van der Waals surface area contributed by atoms with Gasteiger partial charge in [-0.15, -0.1) is 0 Å². The number of anilines is 3. The average molecular weight is 323 g/mol. The lowest BCUT2D eigenvalue weighted by atomic mass is 10.3. The monoisotopic (exact) mass is 322 g/mol. The molecule has 0 aliphatic carbocycles. The predicted molar refractivity (Wildman–Crippen MR) is 88.3 cm³/mol. The van der Waals surface area contributed by atoms with Gasteiger partial charge in [-0.3, -0.25) is 0 Å². The molecule has 2 rings (SSSR count). The van der Waals surface area contributed by atoms with E-state index in [0.717, 1.165) is 18.7 Å². The van der Waals surface area contributed by atoms with Crippen LogP contribution in [0.1, 0.15) is 6.42 Å². The normalized spacial score (nSPS) is 10.3. The van der Waals surface area contributed by atoms with Crippen molar-refractivity contribution in [2.45, 2.75) is 6.42 Å². The molecule has 0 unspecified atom stereocenters. The third kappa shape index (κ3) is 4.75. The van der Waals surface area contributed by atoms with Gasteiger partial charge in [0.1, 0.15) is 11.6 Å². The van der Waals surface area contributed by atoms with Crippen LogP contribution in [0.3, 0.4) is 0 Å². The van der Waals surface area contributed by atoms with Crippen LogP contribution in [0.15, 0.2) is 30.5 Å². The van der Waals surface area contributed by atoms with Crippen molar-refractivity contribution in [3.63, 3.8) is 0 Å².